The Balaban J connectivity index is 2.37. The molecule has 6 heteroatoms. The molecule has 4 nitrogen and oxygen atoms in total. The Morgan fingerprint density at radius 1 is 1.25 bits per heavy atom. The summed E-state index contributed by atoms with van der Waals surface area (Å²) in [5.74, 6) is -0.874. The highest BCUT2D eigenvalue weighted by Gasteiger charge is 2.52. The first kappa shape index (κ1) is 15.5. The maximum absolute atomic E-state index is 11.0. The van der Waals surface area contributed by atoms with Gasteiger partial charge in [-0.25, -0.2) is 0 Å². The molecule has 0 radical (unpaired) electrons. The summed E-state index contributed by atoms with van der Waals surface area (Å²) in [7, 11) is -0.539. The molecule has 1 aliphatic rings. The van der Waals surface area contributed by atoms with E-state index in [2.05, 4.69) is 15.9 Å². The van der Waals surface area contributed by atoms with E-state index in [0.29, 0.717) is 5.56 Å². The van der Waals surface area contributed by atoms with Crippen molar-refractivity contribution in [2.75, 3.05) is 0 Å². The third-order valence-corrected chi connectivity index (χ3v) is 4.45. The van der Waals surface area contributed by atoms with E-state index in [9.17, 15) is 4.79 Å². The van der Waals surface area contributed by atoms with Crippen LogP contribution in [0.15, 0.2) is 22.7 Å². The van der Waals surface area contributed by atoms with Gasteiger partial charge in [0.1, 0.15) is 0 Å². The molecule has 0 aliphatic carbocycles. The fourth-order valence-corrected chi connectivity index (χ4v) is 2.50. The van der Waals surface area contributed by atoms with Crippen LogP contribution < -0.4 is 5.46 Å². The zero-order valence-electron chi connectivity index (χ0n) is 12.1. The van der Waals surface area contributed by atoms with Crippen LogP contribution in [0.3, 0.4) is 0 Å². The molecule has 0 amide bonds. The van der Waals surface area contributed by atoms with Crippen molar-refractivity contribution in [1.29, 1.82) is 0 Å². The lowest BCUT2D eigenvalue weighted by Gasteiger charge is -2.32. The van der Waals surface area contributed by atoms with E-state index in [4.69, 9.17) is 14.4 Å². The van der Waals surface area contributed by atoms with Crippen molar-refractivity contribution in [2.45, 2.75) is 45.3 Å². The molecule has 1 saturated heterocycles. The first-order chi connectivity index (χ1) is 9.12. The molecular formula is C14H18BBrO4. The second-order valence-corrected chi connectivity index (χ2v) is 6.92. The van der Waals surface area contributed by atoms with Gasteiger partial charge in [0.15, 0.2) is 0 Å². The molecule has 0 saturated carbocycles. The number of hydrogen-bond acceptors (Lipinski definition) is 3. The van der Waals surface area contributed by atoms with Crippen LogP contribution in [0.25, 0.3) is 0 Å². The van der Waals surface area contributed by atoms with E-state index in [1.54, 1.807) is 6.07 Å². The highest BCUT2D eigenvalue weighted by Crippen LogP contribution is 2.36. The molecule has 1 fully saturated rings. The van der Waals surface area contributed by atoms with Crippen molar-refractivity contribution in [3.05, 3.63) is 28.2 Å². The number of aliphatic carboxylic acids is 1. The van der Waals surface area contributed by atoms with Crippen molar-refractivity contribution in [3.8, 4) is 0 Å². The lowest BCUT2D eigenvalue weighted by Crippen LogP contribution is -2.41. The summed E-state index contributed by atoms with van der Waals surface area (Å²) in [5.41, 5.74) is 0.593. The molecule has 0 spiro atoms. The Hall–Kier alpha value is -0.845. The number of halogens is 1. The van der Waals surface area contributed by atoms with Gasteiger partial charge in [0, 0.05) is 4.47 Å². The van der Waals surface area contributed by atoms with Gasteiger partial charge in [-0.2, -0.15) is 0 Å². The standard InChI is InChI=1S/C14H18BBrO4/c1-13(2)14(3,4)20-15(19-13)11-6-5-10(16)7-9(11)8-12(17)18/h5-7H,8H2,1-4H3,(H,17,18). The van der Waals surface area contributed by atoms with Gasteiger partial charge in [-0.15, -0.1) is 0 Å². The number of carboxylic acids is 1. The van der Waals surface area contributed by atoms with E-state index < -0.39 is 24.3 Å². The molecule has 2 rings (SSSR count). The number of hydrogen-bond donors (Lipinski definition) is 1. The Labute approximate surface area is 127 Å². The predicted octanol–water partition coefficient (Wildman–Crippen LogP) is 2.38. The molecule has 1 heterocycles. The molecule has 0 aromatic heterocycles. The van der Waals surface area contributed by atoms with Crippen LogP contribution in [0.1, 0.15) is 33.3 Å². The summed E-state index contributed by atoms with van der Waals surface area (Å²) in [6, 6.07) is 5.52. The number of carbonyl (C=O) groups is 1. The van der Waals surface area contributed by atoms with Crippen LogP contribution >= 0.6 is 15.9 Å². The summed E-state index contributed by atoms with van der Waals surface area (Å²) < 4.78 is 12.8. The number of carboxylic acid groups (broad SMARTS) is 1. The van der Waals surface area contributed by atoms with Gasteiger partial charge < -0.3 is 14.4 Å². The minimum Gasteiger partial charge on any atom is -0.481 e. The molecule has 1 aliphatic heterocycles. The number of rotatable bonds is 3. The van der Waals surface area contributed by atoms with E-state index in [1.165, 1.54) is 0 Å². The van der Waals surface area contributed by atoms with Gasteiger partial charge in [-0.05, 0) is 50.9 Å². The smallest absolute Gasteiger partial charge is 0.481 e. The number of benzene rings is 1. The summed E-state index contributed by atoms with van der Waals surface area (Å²) >= 11 is 3.37. The molecule has 20 heavy (non-hydrogen) atoms. The van der Waals surface area contributed by atoms with Crippen molar-refractivity contribution in [2.24, 2.45) is 0 Å². The second kappa shape index (κ2) is 5.17. The topological polar surface area (TPSA) is 55.8 Å². The highest BCUT2D eigenvalue weighted by molar-refractivity contribution is 9.10. The third kappa shape index (κ3) is 2.92. The SMILES string of the molecule is CC1(C)OB(c2ccc(Br)cc2CC(=O)O)OC1(C)C. The van der Waals surface area contributed by atoms with Crippen LogP contribution in [0.4, 0.5) is 0 Å². The van der Waals surface area contributed by atoms with Crippen LogP contribution in [-0.2, 0) is 20.5 Å². The van der Waals surface area contributed by atoms with Gasteiger partial charge in [0.05, 0.1) is 17.6 Å². The quantitative estimate of drug-likeness (QED) is 0.858. The van der Waals surface area contributed by atoms with Gasteiger partial charge in [0.25, 0.3) is 0 Å². The van der Waals surface area contributed by atoms with Crippen molar-refractivity contribution < 1.29 is 19.2 Å². The maximum atomic E-state index is 11.0. The average molecular weight is 341 g/mol. The Morgan fingerprint density at radius 2 is 1.80 bits per heavy atom. The molecule has 0 unspecified atom stereocenters. The van der Waals surface area contributed by atoms with Gasteiger partial charge >= 0.3 is 13.1 Å². The Bertz CT molecular complexity index is 526. The lowest BCUT2D eigenvalue weighted by atomic mass is 9.75. The van der Waals surface area contributed by atoms with Crippen molar-refractivity contribution in [1.82, 2.24) is 0 Å². The van der Waals surface area contributed by atoms with E-state index >= 15 is 0 Å². The fraction of sp³-hybridized carbons (Fsp3) is 0.500. The van der Waals surface area contributed by atoms with E-state index in [-0.39, 0.29) is 6.42 Å². The molecule has 0 atom stereocenters. The minimum absolute atomic E-state index is 0.0567. The van der Waals surface area contributed by atoms with Crippen LogP contribution in [0, 0.1) is 0 Å². The molecule has 0 bridgehead atoms. The van der Waals surface area contributed by atoms with Crippen LogP contribution in [-0.4, -0.2) is 29.4 Å². The molecule has 1 aromatic rings. The molecular weight excluding hydrogens is 323 g/mol. The molecule has 1 aromatic carbocycles. The highest BCUT2D eigenvalue weighted by atomic mass is 79.9. The third-order valence-electron chi connectivity index (χ3n) is 3.95. The minimum atomic E-state index is -0.874. The Kier molecular flexibility index (Phi) is 4.02. The van der Waals surface area contributed by atoms with Gasteiger partial charge in [0.2, 0.25) is 0 Å². The monoisotopic (exact) mass is 340 g/mol. The van der Waals surface area contributed by atoms with Gasteiger partial charge in [-0.1, -0.05) is 22.0 Å². The average Bonchev–Trinajstić information content (AvgIpc) is 2.46. The van der Waals surface area contributed by atoms with Gasteiger partial charge in [-0.3, -0.25) is 4.79 Å². The lowest BCUT2D eigenvalue weighted by molar-refractivity contribution is -0.136. The first-order valence-electron chi connectivity index (χ1n) is 6.48. The van der Waals surface area contributed by atoms with Crippen LogP contribution in [0.5, 0.6) is 0 Å². The summed E-state index contributed by atoms with van der Waals surface area (Å²) in [5, 5.41) is 9.03. The molecule has 1 N–H and O–H groups in total. The zero-order chi connectivity index (χ0) is 15.1. The van der Waals surface area contributed by atoms with E-state index in [0.717, 1.165) is 9.94 Å². The maximum Gasteiger partial charge on any atom is 0.495 e. The largest absolute Gasteiger partial charge is 0.495 e. The summed E-state index contributed by atoms with van der Waals surface area (Å²) in [6.45, 7) is 7.90. The predicted molar refractivity (Wildman–Crippen MR) is 81.2 cm³/mol. The van der Waals surface area contributed by atoms with Crippen molar-refractivity contribution >= 4 is 34.5 Å². The second-order valence-electron chi connectivity index (χ2n) is 6.00. The van der Waals surface area contributed by atoms with E-state index in [1.807, 2.05) is 39.8 Å². The van der Waals surface area contributed by atoms with Crippen LogP contribution in [0.2, 0.25) is 0 Å². The van der Waals surface area contributed by atoms with Crippen molar-refractivity contribution in [3.63, 3.8) is 0 Å². The zero-order valence-corrected chi connectivity index (χ0v) is 13.7. The summed E-state index contributed by atoms with van der Waals surface area (Å²) in [6.07, 6.45) is -0.0567. The summed E-state index contributed by atoms with van der Waals surface area (Å²) in [4.78, 5) is 11.0. The fourth-order valence-electron chi connectivity index (χ4n) is 2.09. The molecule has 108 valence electrons. The normalized spacial score (nSPS) is 20.1. The Morgan fingerprint density at radius 3 is 2.30 bits per heavy atom. The first-order valence-corrected chi connectivity index (χ1v) is 7.27.